The molecule has 0 saturated carbocycles. The third-order valence-corrected chi connectivity index (χ3v) is 3.19. The Morgan fingerprint density at radius 1 is 1.36 bits per heavy atom. The van der Waals surface area contributed by atoms with Gasteiger partial charge in [-0.1, -0.05) is 6.92 Å². The van der Waals surface area contributed by atoms with Crippen molar-refractivity contribution in [2.24, 2.45) is 0 Å². The van der Waals surface area contributed by atoms with Gasteiger partial charge in [0, 0.05) is 12.1 Å². The summed E-state index contributed by atoms with van der Waals surface area (Å²) in [6.45, 7) is 10.1. The summed E-state index contributed by atoms with van der Waals surface area (Å²) >= 11 is 0. The van der Waals surface area contributed by atoms with Crippen molar-refractivity contribution in [2.75, 3.05) is 13.1 Å². The maximum absolute atomic E-state index is 2.49. The second kappa shape index (κ2) is 3.60. The highest BCUT2D eigenvalue weighted by Gasteiger charge is 2.23. The third kappa shape index (κ3) is 1.29. The minimum atomic E-state index is 1.13. The average molecular weight is 191 g/mol. The van der Waals surface area contributed by atoms with Crippen molar-refractivity contribution in [1.29, 1.82) is 0 Å². The summed E-state index contributed by atoms with van der Waals surface area (Å²) in [7, 11) is 0. The molecular weight excluding hydrogens is 172 g/mol. The van der Waals surface area contributed by atoms with E-state index in [2.05, 4.69) is 42.0 Å². The Labute approximate surface area is 85.9 Å². The van der Waals surface area contributed by atoms with E-state index in [9.17, 15) is 0 Å². The molecule has 76 valence electrons. The van der Waals surface area contributed by atoms with E-state index in [1.54, 1.807) is 0 Å². The fourth-order valence-electron chi connectivity index (χ4n) is 2.39. The van der Waals surface area contributed by atoms with Gasteiger partial charge in [0.25, 0.3) is 0 Å². The Morgan fingerprint density at radius 2 is 2.14 bits per heavy atom. The topological polar surface area (TPSA) is 7.94 Å². The second-order valence-electron chi connectivity index (χ2n) is 3.89. The van der Waals surface area contributed by atoms with Crippen LogP contribution in [0.3, 0.4) is 0 Å². The van der Waals surface area contributed by atoms with Crippen LogP contribution in [0.1, 0.15) is 31.7 Å². The van der Waals surface area contributed by atoms with Gasteiger partial charge in [-0.25, -0.2) is 4.58 Å². The zero-order valence-electron chi connectivity index (χ0n) is 9.38. The predicted molar refractivity (Wildman–Crippen MR) is 59.2 cm³/mol. The number of fused-ring (bicyclic) bond motifs is 1. The van der Waals surface area contributed by atoms with E-state index in [-0.39, 0.29) is 0 Å². The first kappa shape index (κ1) is 9.50. The minimum Gasteiger partial charge on any atom is -0.334 e. The number of hydrogen-bond donors (Lipinski definition) is 0. The molecule has 2 heteroatoms. The summed E-state index contributed by atoms with van der Waals surface area (Å²) in [6.07, 6.45) is 1.14. The van der Waals surface area contributed by atoms with Crippen LogP contribution in [0, 0.1) is 6.92 Å². The Hall–Kier alpha value is -1.05. The first-order valence-corrected chi connectivity index (χ1v) is 5.55. The predicted octanol–water partition coefficient (Wildman–Crippen LogP) is 2.04. The summed E-state index contributed by atoms with van der Waals surface area (Å²) in [5.74, 6) is 0. The van der Waals surface area contributed by atoms with Crippen LogP contribution in [-0.2, 0) is 6.54 Å². The number of nitrogens with zero attached hydrogens (tertiary/aromatic N) is 2. The van der Waals surface area contributed by atoms with E-state index in [1.807, 2.05) is 0 Å². The van der Waals surface area contributed by atoms with Gasteiger partial charge in [-0.15, -0.1) is 0 Å². The monoisotopic (exact) mass is 191 g/mol. The number of likely N-dealkylation sites (N-methyl/N-ethyl adjacent to an activating group) is 1. The van der Waals surface area contributed by atoms with Gasteiger partial charge in [0.2, 0.25) is 0 Å². The van der Waals surface area contributed by atoms with Crippen LogP contribution in [-0.4, -0.2) is 27.9 Å². The van der Waals surface area contributed by atoms with Crippen molar-refractivity contribution >= 4 is 5.71 Å². The minimum absolute atomic E-state index is 1.13. The molecule has 0 aliphatic carbocycles. The average Bonchev–Trinajstić information content (AvgIpc) is 2.59. The highest BCUT2D eigenvalue weighted by atomic mass is 15.1. The lowest BCUT2D eigenvalue weighted by molar-refractivity contribution is -0.529. The summed E-state index contributed by atoms with van der Waals surface area (Å²) in [4.78, 5) is 0. The van der Waals surface area contributed by atoms with Gasteiger partial charge in [-0.3, -0.25) is 0 Å². The zero-order chi connectivity index (χ0) is 10.1. The maximum atomic E-state index is 2.49. The molecule has 0 saturated heterocycles. The smallest absolute Gasteiger partial charge is 0.199 e. The molecule has 1 aromatic heterocycles. The lowest BCUT2D eigenvalue weighted by atomic mass is 10.1. The van der Waals surface area contributed by atoms with Gasteiger partial charge in [0.1, 0.15) is 12.2 Å². The second-order valence-corrected chi connectivity index (χ2v) is 3.89. The van der Waals surface area contributed by atoms with Crippen LogP contribution < -0.4 is 0 Å². The van der Waals surface area contributed by atoms with Gasteiger partial charge < -0.3 is 4.57 Å². The highest BCUT2D eigenvalue weighted by Crippen LogP contribution is 2.15. The Bertz CT molecular complexity index is 372. The van der Waals surface area contributed by atoms with Gasteiger partial charge >= 0.3 is 0 Å². The molecule has 2 heterocycles. The van der Waals surface area contributed by atoms with Crippen LogP contribution >= 0.6 is 0 Å². The van der Waals surface area contributed by atoms with Crippen molar-refractivity contribution in [3.05, 3.63) is 23.5 Å². The number of aromatic nitrogens is 1. The molecule has 0 radical (unpaired) electrons. The largest absolute Gasteiger partial charge is 0.334 e. The van der Waals surface area contributed by atoms with Crippen LogP contribution in [0.5, 0.6) is 0 Å². The van der Waals surface area contributed by atoms with Crippen LogP contribution in [0.4, 0.5) is 0 Å². The number of hydrogen-bond acceptors (Lipinski definition) is 0. The SMILES string of the molecule is CCC1=[N+](CC)CCn2c(C)ccc21. The fraction of sp³-hybridized carbons (Fsp3) is 0.583. The Morgan fingerprint density at radius 3 is 2.79 bits per heavy atom. The Kier molecular flexibility index (Phi) is 2.44. The van der Waals surface area contributed by atoms with E-state index in [4.69, 9.17) is 0 Å². The molecule has 14 heavy (non-hydrogen) atoms. The molecular formula is C12H19N2+. The first-order valence-electron chi connectivity index (χ1n) is 5.55. The molecule has 0 fully saturated rings. The van der Waals surface area contributed by atoms with Gasteiger partial charge in [-0.05, 0) is 26.0 Å². The lowest BCUT2D eigenvalue weighted by Gasteiger charge is -2.18. The standard InChI is InChI=1S/C12H19N2/c1-4-11-12-7-6-10(3)14(12)9-8-13(11)5-2/h6-7H,4-5,8-9H2,1-3H3/q+1. The molecule has 0 N–H and O–H groups in total. The summed E-state index contributed by atoms with van der Waals surface area (Å²) in [6, 6.07) is 4.49. The highest BCUT2D eigenvalue weighted by molar-refractivity contribution is 5.95. The van der Waals surface area contributed by atoms with Gasteiger partial charge in [0.05, 0.1) is 6.54 Å². The fourth-order valence-corrected chi connectivity index (χ4v) is 2.39. The molecule has 0 bridgehead atoms. The normalized spacial score (nSPS) is 15.9. The van der Waals surface area contributed by atoms with Crippen molar-refractivity contribution in [1.82, 2.24) is 4.57 Å². The lowest BCUT2D eigenvalue weighted by Crippen LogP contribution is -2.33. The summed E-state index contributed by atoms with van der Waals surface area (Å²) < 4.78 is 4.93. The third-order valence-electron chi connectivity index (χ3n) is 3.19. The van der Waals surface area contributed by atoms with Crippen LogP contribution in [0.25, 0.3) is 0 Å². The van der Waals surface area contributed by atoms with E-state index in [0.29, 0.717) is 0 Å². The molecule has 0 aromatic carbocycles. The molecule has 0 atom stereocenters. The maximum Gasteiger partial charge on any atom is 0.199 e. The van der Waals surface area contributed by atoms with Crippen LogP contribution in [0.15, 0.2) is 12.1 Å². The zero-order valence-corrected chi connectivity index (χ0v) is 9.38. The van der Waals surface area contributed by atoms with E-state index >= 15 is 0 Å². The number of rotatable bonds is 2. The molecule has 2 nitrogen and oxygen atoms in total. The molecule has 1 aliphatic rings. The van der Waals surface area contributed by atoms with Gasteiger partial charge in [-0.2, -0.15) is 0 Å². The van der Waals surface area contributed by atoms with Crippen molar-refractivity contribution in [2.45, 2.75) is 33.7 Å². The first-order chi connectivity index (χ1) is 6.77. The number of aryl methyl sites for hydroxylation is 1. The Balaban J connectivity index is 2.52. The quantitative estimate of drug-likeness (QED) is 0.632. The molecule has 0 spiro atoms. The van der Waals surface area contributed by atoms with Crippen molar-refractivity contribution in [3.63, 3.8) is 0 Å². The molecule has 2 rings (SSSR count). The molecule has 1 aromatic rings. The van der Waals surface area contributed by atoms with Crippen LogP contribution in [0.2, 0.25) is 0 Å². The van der Waals surface area contributed by atoms with E-state index in [1.165, 1.54) is 23.6 Å². The summed E-state index contributed by atoms with van der Waals surface area (Å²) in [5.41, 5.74) is 4.33. The summed E-state index contributed by atoms with van der Waals surface area (Å²) in [5, 5.41) is 0. The van der Waals surface area contributed by atoms with Gasteiger partial charge in [0.15, 0.2) is 12.3 Å². The molecule has 0 amide bonds. The van der Waals surface area contributed by atoms with Crippen molar-refractivity contribution in [3.8, 4) is 0 Å². The van der Waals surface area contributed by atoms with E-state index in [0.717, 1.165) is 19.5 Å². The molecule has 1 aliphatic heterocycles. The molecule has 0 unspecified atom stereocenters. The van der Waals surface area contributed by atoms with E-state index < -0.39 is 0 Å². The van der Waals surface area contributed by atoms with Crippen molar-refractivity contribution < 1.29 is 4.58 Å².